The van der Waals surface area contributed by atoms with E-state index >= 15 is 0 Å². The molecule has 0 aliphatic heterocycles. The third kappa shape index (κ3) is 2.62. The lowest BCUT2D eigenvalue weighted by atomic mass is 10.3. The van der Waals surface area contributed by atoms with Crippen LogP contribution in [0.25, 0.3) is 5.69 Å². The molecule has 0 radical (unpaired) electrons. The molecule has 0 spiro atoms. The van der Waals surface area contributed by atoms with Crippen molar-refractivity contribution in [3.05, 3.63) is 35.9 Å². The number of carbonyl (C=O) groups excluding carboxylic acids is 1. The molecular weight excluding hydrogens is 294 g/mol. The summed E-state index contributed by atoms with van der Waals surface area (Å²) in [6.07, 6.45) is 0. The predicted molar refractivity (Wildman–Crippen MR) is 77.0 cm³/mol. The maximum atomic E-state index is 12.1. The van der Waals surface area contributed by atoms with Crippen LogP contribution >= 0.6 is 0 Å². The van der Waals surface area contributed by atoms with Gasteiger partial charge in [-0.1, -0.05) is 25.1 Å². The van der Waals surface area contributed by atoms with Crippen LogP contribution in [0.1, 0.15) is 17.3 Å². The molecule has 112 valence electrons. The lowest BCUT2D eigenvalue weighted by Gasteiger charge is -2.03. The van der Waals surface area contributed by atoms with E-state index in [4.69, 9.17) is 5.73 Å². The van der Waals surface area contributed by atoms with Crippen LogP contribution in [0.5, 0.6) is 0 Å². The first-order chi connectivity index (χ1) is 9.92. The number of aromatic nitrogens is 2. The summed E-state index contributed by atoms with van der Waals surface area (Å²) in [4.78, 5) is 11.8. The zero-order valence-corrected chi connectivity index (χ0v) is 12.4. The highest BCUT2D eigenvalue weighted by Gasteiger charge is 2.30. The Bertz CT molecular complexity index is 766. The average Bonchev–Trinajstić information content (AvgIpc) is 2.85. The highest BCUT2D eigenvalue weighted by molar-refractivity contribution is 7.91. The number of methoxy groups -OCH3 is 1. The molecule has 1 aromatic carbocycles. The molecule has 0 aliphatic rings. The fourth-order valence-electron chi connectivity index (χ4n) is 1.82. The van der Waals surface area contributed by atoms with E-state index in [1.807, 2.05) is 0 Å². The number of hydrogen-bond donors (Lipinski definition) is 1. The van der Waals surface area contributed by atoms with Crippen molar-refractivity contribution in [1.82, 2.24) is 9.78 Å². The van der Waals surface area contributed by atoms with Crippen LogP contribution in [0.15, 0.2) is 35.4 Å². The zero-order valence-electron chi connectivity index (χ0n) is 11.6. The standard InChI is InChI=1S/C13H15N3O4S/c1-3-21(18,19)12-10(13(17)20-2)11(14)16(15-12)9-7-5-4-6-8-9/h4-8H,3,14H2,1-2H3. The van der Waals surface area contributed by atoms with Crippen LogP contribution in [0.4, 0.5) is 5.82 Å². The Morgan fingerprint density at radius 2 is 1.95 bits per heavy atom. The first kappa shape index (κ1) is 15.0. The first-order valence-electron chi connectivity index (χ1n) is 6.17. The van der Waals surface area contributed by atoms with Crippen LogP contribution in [-0.2, 0) is 14.6 Å². The van der Waals surface area contributed by atoms with Gasteiger partial charge in [0.15, 0.2) is 14.9 Å². The maximum absolute atomic E-state index is 12.1. The molecule has 0 amide bonds. The van der Waals surface area contributed by atoms with Crippen molar-refractivity contribution in [2.45, 2.75) is 11.9 Å². The van der Waals surface area contributed by atoms with Crippen molar-refractivity contribution in [2.75, 3.05) is 18.6 Å². The number of esters is 1. The monoisotopic (exact) mass is 309 g/mol. The van der Waals surface area contributed by atoms with Crippen molar-refractivity contribution in [2.24, 2.45) is 0 Å². The maximum Gasteiger partial charge on any atom is 0.344 e. The van der Waals surface area contributed by atoms with Crippen molar-refractivity contribution in [1.29, 1.82) is 0 Å². The molecule has 0 fully saturated rings. The van der Waals surface area contributed by atoms with Crippen molar-refractivity contribution in [3.63, 3.8) is 0 Å². The number of carbonyl (C=O) groups is 1. The second kappa shape index (κ2) is 5.57. The molecule has 0 bridgehead atoms. The van der Waals surface area contributed by atoms with Gasteiger partial charge < -0.3 is 10.5 Å². The number of para-hydroxylation sites is 1. The smallest absolute Gasteiger partial charge is 0.344 e. The highest BCUT2D eigenvalue weighted by atomic mass is 32.2. The van der Waals surface area contributed by atoms with Gasteiger partial charge in [0.1, 0.15) is 11.4 Å². The van der Waals surface area contributed by atoms with Gasteiger partial charge in [-0.25, -0.2) is 17.9 Å². The van der Waals surface area contributed by atoms with Gasteiger partial charge in [-0.15, -0.1) is 0 Å². The summed E-state index contributed by atoms with van der Waals surface area (Å²) >= 11 is 0. The second-order valence-corrected chi connectivity index (χ2v) is 6.40. The summed E-state index contributed by atoms with van der Waals surface area (Å²) in [5.41, 5.74) is 6.22. The Balaban J connectivity index is 2.75. The molecule has 8 heteroatoms. The minimum atomic E-state index is -3.71. The number of hydrogen-bond acceptors (Lipinski definition) is 6. The van der Waals surface area contributed by atoms with Gasteiger partial charge in [0, 0.05) is 0 Å². The topological polar surface area (TPSA) is 104 Å². The summed E-state index contributed by atoms with van der Waals surface area (Å²) in [6.45, 7) is 1.47. The Morgan fingerprint density at radius 1 is 1.33 bits per heavy atom. The van der Waals surface area contributed by atoms with Crippen LogP contribution < -0.4 is 5.73 Å². The fourth-order valence-corrected chi connectivity index (χ4v) is 2.80. The Kier molecular flexibility index (Phi) is 3.99. The summed E-state index contributed by atoms with van der Waals surface area (Å²) in [5, 5.41) is 3.63. The van der Waals surface area contributed by atoms with E-state index in [1.165, 1.54) is 11.6 Å². The van der Waals surface area contributed by atoms with Crippen LogP contribution in [0.3, 0.4) is 0 Å². The summed E-state index contributed by atoms with van der Waals surface area (Å²) < 4.78 is 30.0. The number of anilines is 1. The Hall–Kier alpha value is -2.35. The van der Waals surface area contributed by atoms with Gasteiger partial charge in [0.25, 0.3) is 0 Å². The van der Waals surface area contributed by atoms with E-state index in [-0.39, 0.29) is 22.2 Å². The van der Waals surface area contributed by atoms with Gasteiger partial charge in [0.2, 0.25) is 0 Å². The van der Waals surface area contributed by atoms with Crippen molar-refractivity contribution >= 4 is 21.6 Å². The van der Waals surface area contributed by atoms with Gasteiger partial charge in [-0.3, -0.25) is 0 Å². The minimum Gasteiger partial charge on any atom is -0.465 e. The third-order valence-electron chi connectivity index (χ3n) is 2.95. The first-order valence-corrected chi connectivity index (χ1v) is 7.82. The van der Waals surface area contributed by atoms with Gasteiger partial charge >= 0.3 is 5.97 Å². The van der Waals surface area contributed by atoms with E-state index in [0.29, 0.717) is 5.69 Å². The largest absolute Gasteiger partial charge is 0.465 e. The summed E-state index contributed by atoms with van der Waals surface area (Å²) in [5.74, 6) is -1.09. The fraction of sp³-hybridized carbons (Fsp3) is 0.231. The minimum absolute atomic E-state index is 0.0694. The second-order valence-electron chi connectivity index (χ2n) is 4.21. The molecule has 0 saturated carbocycles. The molecule has 0 saturated heterocycles. The lowest BCUT2D eigenvalue weighted by molar-refractivity contribution is 0.0597. The van der Waals surface area contributed by atoms with Gasteiger partial charge in [-0.2, -0.15) is 5.10 Å². The zero-order chi connectivity index (χ0) is 15.6. The van der Waals surface area contributed by atoms with Crippen molar-refractivity contribution in [3.8, 4) is 5.69 Å². The molecule has 1 aromatic heterocycles. The van der Waals surface area contributed by atoms with Gasteiger partial charge in [-0.05, 0) is 12.1 Å². The molecule has 0 atom stereocenters. The third-order valence-corrected chi connectivity index (χ3v) is 4.59. The van der Waals surface area contributed by atoms with Crippen LogP contribution in [0, 0.1) is 0 Å². The highest BCUT2D eigenvalue weighted by Crippen LogP contribution is 2.26. The lowest BCUT2D eigenvalue weighted by Crippen LogP contribution is -2.12. The van der Waals surface area contributed by atoms with Gasteiger partial charge in [0.05, 0.1) is 18.6 Å². The summed E-state index contributed by atoms with van der Waals surface area (Å²) in [7, 11) is -2.55. The molecule has 2 N–H and O–H groups in total. The van der Waals surface area contributed by atoms with E-state index in [1.54, 1.807) is 30.3 Å². The number of nitrogens with two attached hydrogens (primary N) is 1. The van der Waals surface area contributed by atoms with Crippen molar-refractivity contribution < 1.29 is 17.9 Å². The number of nitrogen functional groups attached to an aromatic ring is 1. The van der Waals surface area contributed by atoms with E-state index in [0.717, 1.165) is 7.11 Å². The number of rotatable bonds is 4. The number of benzene rings is 1. The molecule has 2 aromatic rings. The summed E-state index contributed by atoms with van der Waals surface area (Å²) in [6, 6.07) is 8.71. The molecule has 2 rings (SSSR count). The number of sulfone groups is 1. The SMILES string of the molecule is CCS(=O)(=O)c1nn(-c2ccccc2)c(N)c1C(=O)OC. The molecule has 21 heavy (non-hydrogen) atoms. The predicted octanol–water partition coefficient (Wildman–Crippen LogP) is 1.03. The van der Waals surface area contributed by atoms with E-state index in [9.17, 15) is 13.2 Å². The molecule has 7 nitrogen and oxygen atoms in total. The van der Waals surface area contributed by atoms with E-state index < -0.39 is 15.8 Å². The molecule has 1 heterocycles. The number of nitrogens with zero attached hydrogens (tertiary/aromatic N) is 2. The molecular formula is C13H15N3O4S. The molecule has 0 aliphatic carbocycles. The van der Waals surface area contributed by atoms with E-state index in [2.05, 4.69) is 9.84 Å². The van der Waals surface area contributed by atoms with Crippen LogP contribution in [0.2, 0.25) is 0 Å². The Morgan fingerprint density at radius 3 is 2.48 bits per heavy atom. The molecule has 0 unspecified atom stereocenters. The average molecular weight is 309 g/mol. The quantitative estimate of drug-likeness (QED) is 0.846. The normalized spacial score (nSPS) is 11.3. The van der Waals surface area contributed by atoms with Crippen LogP contribution in [-0.4, -0.2) is 37.0 Å². The number of ether oxygens (including phenoxy) is 1. The Labute approximate surface area is 122 Å².